The Kier molecular flexibility index (Phi) is 8.49. The third-order valence-corrected chi connectivity index (χ3v) is 8.38. The van der Waals surface area contributed by atoms with Gasteiger partial charge in [0.25, 0.3) is 5.91 Å². The number of aryl methyl sites for hydroxylation is 1. The number of aromatic nitrogens is 1. The highest BCUT2D eigenvalue weighted by Crippen LogP contribution is 2.50. The molecule has 0 radical (unpaired) electrons. The summed E-state index contributed by atoms with van der Waals surface area (Å²) in [6.45, 7) is 12.9. The average molecular weight is 485 g/mol. The Morgan fingerprint density at radius 2 is 1.97 bits per heavy atom. The molecule has 1 saturated heterocycles. The summed E-state index contributed by atoms with van der Waals surface area (Å²) in [4.78, 5) is 19.9. The van der Waals surface area contributed by atoms with Crippen molar-refractivity contribution in [2.45, 2.75) is 79.6 Å². The fourth-order valence-corrected chi connectivity index (χ4v) is 6.64. The van der Waals surface area contributed by atoms with E-state index in [1.165, 1.54) is 34.3 Å². The Morgan fingerprint density at radius 1 is 1.19 bits per heavy atom. The smallest absolute Gasteiger partial charge is 0.253 e. The van der Waals surface area contributed by atoms with Gasteiger partial charge in [-0.1, -0.05) is 50.6 Å². The van der Waals surface area contributed by atoms with Crippen molar-refractivity contribution in [3.63, 3.8) is 0 Å². The van der Waals surface area contributed by atoms with Crippen molar-refractivity contribution in [3.05, 3.63) is 88.3 Å². The van der Waals surface area contributed by atoms with Gasteiger partial charge in [-0.2, -0.15) is 0 Å². The van der Waals surface area contributed by atoms with Crippen LogP contribution in [-0.2, 0) is 19.3 Å². The van der Waals surface area contributed by atoms with Crippen LogP contribution in [0.25, 0.3) is 0 Å². The summed E-state index contributed by atoms with van der Waals surface area (Å²) < 4.78 is 0. The lowest BCUT2D eigenvalue weighted by atomic mass is 9.62. The van der Waals surface area contributed by atoms with Gasteiger partial charge >= 0.3 is 0 Å². The number of piperidine rings is 1. The standard InChI is InChI=1S/C33H44N2O/c1-6-9-31-25(5)21-33(22-30(31)19-26-10-8-15-34-23-26)13-16-35(17-14-33)32(36)29-12-11-28(18-24(3)4)27(7-2)20-29/h6,8-12,15,20,23-24,30H,7,13-14,16-19,21-22H2,1-5H3/b9-6-. The molecule has 2 aliphatic rings. The Balaban J connectivity index is 1.47. The minimum atomic E-state index is 0.209. The lowest BCUT2D eigenvalue weighted by Crippen LogP contribution is -2.45. The molecular formula is C33H44N2O. The summed E-state index contributed by atoms with van der Waals surface area (Å²) in [6, 6.07) is 10.7. The third-order valence-electron chi connectivity index (χ3n) is 8.38. The van der Waals surface area contributed by atoms with Crippen LogP contribution in [0, 0.1) is 17.3 Å². The summed E-state index contributed by atoms with van der Waals surface area (Å²) in [7, 11) is 0. The van der Waals surface area contributed by atoms with E-state index >= 15 is 0 Å². The molecule has 192 valence electrons. The van der Waals surface area contributed by atoms with Crippen LogP contribution in [0.2, 0.25) is 0 Å². The Bertz CT molecular complexity index is 1100. The van der Waals surface area contributed by atoms with Gasteiger partial charge in [-0.05, 0) is 117 Å². The van der Waals surface area contributed by atoms with Gasteiger partial charge < -0.3 is 4.90 Å². The molecule has 1 aromatic carbocycles. The number of benzene rings is 1. The number of carbonyl (C=O) groups excluding carboxylic acids is 1. The van der Waals surface area contributed by atoms with Gasteiger partial charge in [-0.25, -0.2) is 0 Å². The average Bonchev–Trinajstić information content (AvgIpc) is 2.87. The van der Waals surface area contributed by atoms with Crippen molar-refractivity contribution < 1.29 is 4.79 Å². The van der Waals surface area contributed by atoms with Crippen LogP contribution in [0.1, 0.15) is 87.4 Å². The van der Waals surface area contributed by atoms with Gasteiger partial charge in [0.15, 0.2) is 0 Å². The number of amides is 1. The maximum absolute atomic E-state index is 13.5. The van der Waals surface area contributed by atoms with E-state index in [0.29, 0.717) is 17.3 Å². The normalized spacial score (nSPS) is 20.1. The molecule has 0 bridgehead atoms. The van der Waals surface area contributed by atoms with E-state index in [2.05, 4.69) is 80.9 Å². The van der Waals surface area contributed by atoms with Gasteiger partial charge in [0.2, 0.25) is 0 Å². The fourth-order valence-electron chi connectivity index (χ4n) is 6.64. The molecule has 3 heteroatoms. The maximum atomic E-state index is 13.5. The number of hydrogen-bond acceptors (Lipinski definition) is 2. The lowest BCUT2D eigenvalue weighted by Gasteiger charge is -2.47. The lowest BCUT2D eigenvalue weighted by molar-refractivity contribution is 0.0504. The number of rotatable bonds is 7. The van der Waals surface area contributed by atoms with E-state index in [1.54, 1.807) is 0 Å². The van der Waals surface area contributed by atoms with Crippen LogP contribution >= 0.6 is 0 Å². The molecule has 2 aromatic rings. The molecule has 4 rings (SSSR count). The van der Waals surface area contributed by atoms with Gasteiger partial charge in [0.1, 0.15) is 0 Å². The summed E-state index contributed by atoms with van der Waals surface area (Å²) in [5.74, 6) is 1.35. The number of carbonyl (C=O) groups is 1. The van der Waals surface area contributed by atoms with E-state index in [4.69, 9.17) is 0 Å². The molecule has 1 amide bonds. The van der Waals surface area contributed by atoms with Crippen LogP contribution in [0.4, 0.5) is 0 Å². The predicted molar refractivity (Wildman–Crippen MR) is 150 cm³/mol. The monoisotopic (exact) mass is 484 g/mol. The Hall–Kier alpha value is -2.68. The summed E-state index contributed by atoms with van der Waals surface area (Å²) >= 11 is 0. The molecule has 1 spiro atoms. The first-order chi connectivity index (χ1) is 17.3. The van der Waals surface area contributed by atoms with Crippen molar-refractivity contribution in [1.82, 2.24) is 9.88 Å². The molecule has 1 aliphatic heterocycles. The minimum Gasteiger partial charge on any atom is -0.339 e. The fraction of sp³-hybridized carbons (Fsp3) is 0.515. The molecule has 0 N–H and O–H groups in total. The van der Waals surface area contributed by atoms with Crippen molar-refractivity contribution in [2.75, 3.05) is 13.1 Å². The van der Waals surface area contributed by atoms with Crippen molar-refractivity contribution in [3.8, 4) is 0 Å². The van der Waals surface area contributed by atoms with Crippen molar-refractivity contribution in [2.24, 2.45) is 17.3 Å². The van der Waals surface area contributed by atoms with E-state index in [9.17, 15) is 4.79 Å². The number of nitrogens with zero attached hydrogens (tertiary/aromatic N) is 2. The predicted octanol–water partition coefficient (Wildman–Crippen LogP) is 7.61. The zero-order valence-electron chi connectivity index (χ0n) is 23.0. The number of hydrogen-bond donors (Lipinski definition) is 0. The highest BCUT2D eigenvalue weighted by Gasteiger charge is 2.41. The molecule has 1 atom stereocenters. The first-order valence-electron chi connectivity index (χ1n) is 14.0. The molecule has 0 saturated carbocycles. The summed E-state index contributed by atoms with van der Waals surface area (Å²) in [5, 5.41) is 0. The second kappa shape index (κ2) is 11.6. The van der Waals surface area contributed by atoms with Crippen molar-refractivity contribution in [1.29, 1.82) is 0 Å². The molecule has 1 unspecified atom stereocenters. The van der Waals surface area contributed by atoms with Gasteiger partial charge in [0.05, 0.1) is 0 Å². The number of allylic oxidation sites excluding steroid dienone is 4. The van der Waals surface area contributed by atoms with E-state index in [0.717, 1.165) is 57.2 Å². The Labute approximate surface area is 218 Å². The summed E-state index contributed by atoms with van der Waals surface area (Å²) in [6.07, 6.45) is 16.0. The van der Waals surface area contributed by atoms with E-state index < -0.39 is 0 Å². The molecular weight excluding hydrogens is 440 g/mol. The largest absolute Gasteiger partial charge is 0.339 e. The van der Waals surface area contributed by atoms with Crippen molar-refractivity contribution >= 4 is 5.91 Å². The molecule has 36 heavy (non-hydrogen) atoms. The Morgan fingerprint density at radius 3 is 2.61 bits per heavy atom. The van der Waals surface area contributed by atoms with Gasteiger partial charge in [-0.15, -0.1) is 0 Å². The molecule has 1 fully saturated rings. The third kappa shape index (κ3) is 5.99. The highest BCUT2D eigenvalue weighted by molar-refractivity contribution is 5.94. The second-order valence-corrected chi connectivity index (χ2v) is 11.6. The quantitative estimate of drug-likeness (QED) is 0.405. The summed E-state index contributed by atoms with van der Waals surface area (Å²) in [5.41, 5.74) is 8.23. The van der Waals surface area contributed by atoms with E-state index in [-0.39, 0.29) is 5.91 Å². The van der Waals surface area contributed by atoms with E-state index in [1.807, 2.05) is 18.5 Å². The van der Waals surface area contributed by atoms with Crippen LogP contribution in [0.5, 0.6) is 0 Å². The van der Waals surface area contributed by atoms with Gasteiger partial charge in [0, 0.05) is 31.0 Å². The molecule has 3 nitrogen and oxygen atoms in total. The van der Waals surface area contributed by atoms with Gasteiger partial charge in [-0.3, -0.25) is 9.78 Å². The molecule has 1 aromatic heterocycles. The zero-order chi connectivity index (χ0) is 25.7. The van der Waals surface area contributed by atoms with Crippen LogP contribution < -0.4 is 0 Å². The van der Waals surface area contributed by atoms with Crippen LogP contribution in [0.3, 0.4) is 0 Å². The maximum Gasteiger partial charge on any atom is 0.253 e. The number of pyridine rings is 1. The topological polar surface area (TPSA) is 33.2 Å². The molecule has 1 aliphatic carbocycles. The first-order valence-corrected chi connectivity index (χ1v) is 14.0. The number of likely N-dealkylation sites (tertiary alicyclic amines) is 1. The second-order valence-electron chi connectivity index (χ2n) is 11.6. The first kappa shape index (κ1) is 26.4. The highest BCUT2D eigenvalue weighted by atomic mass is 16.2. The molecule has 2 heterocycles. The minimum absolute atomic E-state index is 0.209. The SMILES string of the molecule is C/C=C\C1=C(C)CC2(CCN(C(=O)c3ccc(CC(C)C)c(CC)c3)CC2)CC1Cc1cccnc1. The van der Waals surface area contributed by atoms with Crippen LogP contribution in [-0.4, -0.2) is 28.9 Å². The zero-order valence-corrected chi connectivity index (χ0v) is 23.0. The van der Waals surface area contributed by atoms with Crippen LogP contribution in [0.15, 0.2) is 66.0 Å².